The van der Waals surface area contributed by atoms with Gasteiger partial charge in [-0.1, -0.05) is 12.1 Å². The SMILES string of the molecule is O=c1[nH]c2ccccc2n1C1CCN(Cc2nnc3n2CCOC3)CC1. The number of ether oxygens (including phenoxy) is 1. The van der Waals surface area contributed by atoms with Crippen molar-refractivity contribution in [3.8, 4) is 0 Å². The molecule has 0 radical (unpaired) electrons. The van der Waals surface area contributed by atoms with Crippen LogP contribution in [0.4, 0.5) is 0 Å². The normalized spacial score (nSPS) is 19.1. The third-order valence-electron chi connectivity index (χ3n) is 5.51. The summed E-state index contributed by atoms with van der Waals surface area (Å²) >= 11 is 0. The van der Waals surface area contributed by atoms with Crippen LogP contribution in [0.3, 0.4) is 0 Å². The summed E-state index contributed by atoms with van der Waals surface area (Å²) in [7, 11) is 0. The molecule has 1 fully saturated rings. The molecule has 0 unspecified atom stereocenters. The number of nitrogens with one attached hydrogen (secondary N) is 1. The van der Waals surface area contributed by atoms with Crippen molar-refractivity contribution in [2.24, 2.45) is 0 Å². The number of nitrogens with zero attached hydrogens (tertiary/aromatic N) is 5. The number of likely N-dealkylation sites (tertiary alicyclic amines) is 1. The van der Waals surface area contributed by atoms with Crippen molar-refractivity contribution in [3.05, 3.63) is 46.4 Å². The van der Waals surface area contributed by atoms with Crippen LogP contribution in [0.2, 0.25) is 0 Å². The van der Waals surface area contributed by atoms with Gasteiger partial charge in [0.25, 0.3) is 0 Å². The number of hydrogen-bond donors (Lipinski definition) is 1. The predicted molar refractivity (Wildman–Crippen MR) is 95.8 cm³/mol. The molecule has 1 N–H and O–H groups in total. The minimum atomic E-state index is -0.00354. The lowest BCUT2D eigenvalue weighted by atomic mass is 10.0. The molecule has 0 aliphatic carbocycles. The Morgan fingerprint density at radius 2 is 2.00 bits per heavy atom. The Labute approximate surface area is 150 Å². The Morgan fingerprint density at radius 1 is 1.15 bits per heavy atom. The second kappa shape index (κ2) is 6.37. The van der Waals surface area contributed by atoms with Gasteiger partial charge in [0.1, 0.15) is 12.4 Å². The van der Waals surface area contributed by atoms with Crippen LogP contribution in [0, 0.1) is 0 Å². The maximum atomic E-state index is 12.4. The molecule has 1 saturated heterocycles. The van der Waals surface area contributed by atoms with Crippen LogP contribution in [0.1, 0.15) is 30.5 Å². The first kappa shape index (κ1) is 15.8. The summed E-state index contributed by atoms with van der Waals surface area (Å²) in [5, 5.41) is 8.58. The minimum Gasteiger partial charge on any atom is -0.372 e. The van der Waals surface area contributed by atoms with E-state index in [1.54, 1.807) is 0 Å². The highest BCUT2D eigenvalue weighted by Gasteiger charge is 2.25. The van der Waals surface area contributed by atoms with Crippen molar-refractivity contribution in [2.45, 2.75) is 38.6 Å². The first-order valence-electron chi connectivity index (χ1n) is 9.20. The van der Waals surface area contributed by atoms with Crippen LogP contribution < -0.4 is 5.69 Å². The summed E-state index contributed by atoms with van der Waals surface area (Å²) in [6.07, 6.45) is 1.93. The molecule has 5 rings (SSSR count). The molecule has 2 aliphatic rings. The predicted octanol–water partition coefficient (Wildman–Crippen LogP) is 1.29. The van der Waals surface area contributed by atoms with Crippen molar-refractivity contribution in [1.29, 1.82) is 0 Å². The van der Waals surface area contributed by atoms with Crippen molar-refractivity contribution >= 4 is 11.0 Å². The molecule has 2 aliphatic heterocycles. The molecule has 0 atom stereocenters. The molecule has 8 nitrogen and oxygen atoms in total. The van der Waals surface area contributed by atoms with Gasteiger partial charge >= 0.3 is 5.69 Å². The number of rotatable bonds is 3. The molecule has 136 valence electrons. The standard InChI is InChI=1S/C18H22N6O2/c25-18-19-14-3-1-2-4-15(14)24(18)13-5-7-22(8-6-13)11-16-20-21-17-12-26-10-9-23(16)17/h1-4,13H,5-12H2,(H,19,25). The second-order valence-electron chi connectivity index (χ2n) is 7.06. The molecule has 1 aromatic carbocycles. The lowest BCUT2D eigenvalue weighted by Crippen LogP contribution is -2.37. The van der Waals surface area contributed by atoms with E-state index in [2.05, 4.69) is 24.6 Å². The van der Waals surface area contributed by atoms with Crippen LogP contribution in [0.15, 0.2) is 29.1 Å². The van der Waals surface area contributed by atoms with Gasteiger partial charge in [-0.25, -0.2) is 4.79 Å². The van der Waals surface area contributed by atoms with E-state index in [-0.39, 0.29) is 11.7 Å². The molecular formula is C18H22N6O2. The summed E-state index contributed by atoms with van der Waals surface area (Å²) in [5.41, 5.74) is 1.91. The second-order valence-corrected chi connectivity index (χ2v) is 7.06. The fourth-order valence-corrected chi connectivity index (χ4v) is 4.15. The third kappa shape index (κ3) is 2.65. The molecule has 0 saturated carbocycles. The van der Waals surface area contributed by atoms with Crippen LogP contribution in [-0.2, 0) is 24.4 Å². The fraction of sp³-hybridized carbons (Fsp3) is 0.500. The van der Waals surface area contributed by atoms with Crippen molar-refractivity contribution in [2.75, 3.05) is 19.7 Å². The van der Waals surface area contributed by atoms with Crippen molar-refractivity contribution in [3.63, 3.8) is 0 Å². The van der Waals surface area contributed by atoms with Gasteiger partial charge in [0.15, 0.2) is 5.82 Å². The molecule has 2 aromatic heterocycles. The minimum absolute atomic E-state index is 0.00354. The Balaban J connectivity index is 1.30. The summed E-state index contributed by atoms with van der Waals surface area (Å²) in [5.74, 6) is 1.94. The first-order valence-corrected chi connectivity index (χ1v) is 9.20. The van der Waals surface area contributed by atoms with Crippen LogP contribution >= 0.6 is 0 Å². The smallest absolute Gasteiger partial charge is 0.326 e. The van der Waals surface area contributed by atoms with Gasteiger partial charge in [-0.2, -0.15) is 0 Å². The Hall–Kier alpha value is -2.45. The summed E-state index contributed by atoms with van der Waals surface area (Å²) in [6.45, 7) is 4.83. The Kier molecular flexibility index (Phi) is 3.86. The number of hydrogen-bond acceptors (Lipinski definition) is 5. The van der Waals surface area contributed by atoms with E-state index in [0.717, 1.165) is 68.3 Å². The van der Waals surface area contributed by atoms with E-state index in [1.807, 2.05) is 28.8 Å². The summed E-state index contributed by atoms with van der Waals surface area (Å²) in [4.78, 5) is 17.8. The highest BCUT2D eigenvalue weighted by Crippen LogP contribution is 2.25. The zero-order valence-electron chi connectivity index (χ0n) is 14.6. The van der Waals surface area contributed by atoms with Gasteiger partial charge in [-0.15, -0.1) is 10.2 Å². The summed E-state index contributed by atoms with van der Waals surface area (Å²) < 4.78 is 9.54. The summed E-state index contributed by atoms with van der Waals surface area (Å²) in [6, 6.07) is 8.16. The van der Waals surface area contributed by atoms with Crippen LogP contribution in [0.25, 0.3) is 11.0 Å². The topological polar surface area (TPSA) is 81.0 Å². The number of H-pyrrole nitrogens is 1. The van der Waals surface area contributed by atoms with Gasteiger partial charge < -0.3 is 14.3 Å². The van der Waals surface area contributed by atoms with Gasteiger partial charge in [-0.05, 0) is 25.0 Å². The number of imidazole rings is 1. The van der Waals surface area contributed by atoms with Crippen molar-refractivity contribution < 1.29 is 4.74 Å². The molecule has 0 bridgehead atoms. The average molecular weight is 354 g/mol. The lowest BCUT2D eigenvalue weighted by molar-refractivity contribution is 0.0790. The number of fused-ring (bicyclic) bond motifs is 2. The van der Waals surface area contributed by atoms with E-state index < -0.39 is 0 Å². The zero-order valence-corrected chi connectivity index (χ0v) is 14.6. The van der Waals surface area contributed by atoms with E-state index in [1.165, 1.54) is 0 Å². The lowest BCUT2D eigenvalue weighted by Gasteiger charge is -2.32. The molecule has 26 heavy (non-hydrogen) atoms. The maximum absolute atomic E-state index is 12.4. The van der Waals surface area contributed by atoms with E-state index >= 15 is 0 Å². The fourth-order valence-electron chi connectivity index (χ4n) is 4.15. The number of aromatic amines is 1. The van der Waals surface area contributed by atoms with Crippen LogP contribution in [-0.4, -0.2) is 48.9 Å². The maximum Gasteiger partial charge on any atom is 0.326 e. The highest BCUT2D eigenvalue weighted by atomic mass is 16.5. The average Bonchev–Trinajstić information content (AvgIpc) is 3.23. The Bertz CT molecular complexity index is 979. The van der Waals surface area contributed by atoms with E-state index in [4.69, 9.17) is 4.74 Å². The Morgan fingerprint density at radius 3 is 2.88 bits per heavy atom. The molecule has 4 heterocycles. The zero-order chi connectivity index (χ0) is 17.5. The van der Waals surface area contributed by atoms with Crippen molar-refractivity contribution in [1.82, 2.24) is 29.2 Å². The van der Waals surface area contributed by atoms with Gasteiger partial charge in [0, 0.05) is 25.7 Å². The quantitative estimate of drug-likeness (QED) is 0.766. The highest BCUT2D eigenvalue weighted by molar-refractivity contribution is 5.75. The number of aromatic nitrogens is 5. The molecule has 0 amide bonds. The largest absolute Gasteiger partial charge is 0.372 e. The van der Waals surface area contributed by atoms with E-state index in [9.17, 15) is 4.79 Å². The molecule has 0 spiro atoms. The van der Waals surface area contributed by atoms with E-state index in [0.29, 0.717) is 6.61 Å². The van der Waals surface area contributed by atoms with Crippen LogP contribution in [0.5, 0.6) is 0 Å². The molecule has 3 aromatic rings. The first-order chi connectivity index (χ1) is 12.8. The van der Waals surface area contributed by atoms with Gasteiger partial charge in [0.05, 0.1) is 24.2 Å². The molecular weight excluding hydrogens is 332 g/mol. The number of para-hydroxylation sites is 2. The van der Waals surface area contributed by atoms with Gasteiger partial charge in [-0.3, -0.25) is 9.47 Å². The monoisotopic (exact) mass is 354 g/mol. The third-order valence-corrected chi connectivity index (χ3v) is 5.51. The number of benzene rings is 1. The molecule has 8 heteroatoms. The van der Waals surface area contributed by atoms with Gasteiger partial charge in [0.2, 0.25) is 0 Å². The number of piperidine rings is 1.